The van der Waals surface area contributed by atoms with Crippen LogP contribution in [0, 0.1) is 17.2 Å². The van der Waals surface area contributed by atoms with Crippen LogP contribution in [-0.4, -0.2) is 18.2 Å². The van der Waals surface area contributed by atoms with Gasteiger partial charge in [0.15, 0.2) is 11.5 Å². The van der Waals surface area contributed by atoms with Crippen LogP contribution in [0.4, 0.5) is 0 Å². The Morgan fingerprint density at radius 1 is 1.29 bits per heavy atom. The highest BCUT2D eigenvalue weighted by molar-refractivity contribution is 9.10. The number of hydrogen-bond acceptors (Lipinski definition) is 5. The van der Waals surface area contributed by atoms with Gasteiger partial charge in [-0.1, -0.05) is 26.0 Å². The SMILES string of the molecule is CCOc1cc(/C=C(/C#N)c2nc3ccccc3s2)cc(Br)c1OCC(C)C. The summed E-state index contributed by atoms with van der Waals surface area (Å²) in [7, 11) is 0. The molecule has 0 amide bonds. The van der Waals surface area contributed by atoms with Crippen LogP contribution in [-0.2, 0) is 0 Å². The summed E-state index contributed by atoms with van der Waals surface area (Å²) in [6.45, 7) is 7.26. The Labute approximate surface area is 177 Å². The molecule has 28 heavy (non-hydrogen) atoms. The van der Waals surface area contributed by atoms with Crippen LogP contribution in [0.15, 0.2) is 40.9 Å². The van der Waals surface area contributed by atoms with Gasteiger partial charge in [0.1, 0.15) is 11.1 Å². The first-order valence-corrected chi connectivity index (χ1v) is 10.7. The molecule has 0 N–H and O–H groups in total. The zero-order valence-electron chi connectivity index (χ0n) is 16.0. The van der Waals surface area contributed by atoms with Crippen molar-refractivity contribution in [3.8, 4) is 17.6 Å². The largest absolute Gasteiger partial charge is 0.490 e. The fourth-order valence-corrected chi connectivity index (χ4v) is 4.13. The van der Waals surface area contributed by atoms with Crippen molar-refractivity contribution in [1.29, 1.82) is 5.26 Å². The number of fused-ring (bicyclic) bond motifs is 1. The van der Waals surface area contributed by atoms with E-state index < -0.39 is 0 Å². The first-order chi connectivity index (χ1) is 13.5. The van der Waals surface area contributed by atoms with Gasteiger partial charge in [0.05, 0.1) is 33.5 Å². The van der Waals surface area contributed by atoms with E-state index in [0.717, 1.165) is 20.3 Å². The van der Waals surface area contributed by atoms with Gasteiger partial charge in [-0.25, -0.2) is 4.98 Å². The third-order valence-electron chi connectivity index (χ3n) is 3.85. The standard InChI is InChI=1S/C22H21BrN2O2S/c1-4-26-19-11-15(10-17(23)21(19)27-13-14(2)3)9-16(12-24)22-25-18-7-5-6-8-20(18)28-22/h5-11,14H,4,13H2,1-3H3/b16-9-. The lowest BCUT2D eigenvalue weighted by molar-refractivity contribution is 0.246. The van der Waals surface area contributed by atoms with Gasteiger partial charge in [0.2, 0.25) is 0 Å². The normalized spacial score (nSPS) is 11.6. The van der Waals surface area contributed by atoms with E-state index in [4.69, 9.17) is 9.47 Å². The summed E-state index contributed by atoms with van der Waals surface area (Å²) in [5, 5.41) is 10.4. The minimum absolute atomic E-state index is 0.408. The summed E-state index contributed by atoms with van der Waals surface area (Å²) < 4.78 is 13.6. The molecule has 2 aromatic carbocycles. The van der Waals surface area contributed by atoms with Crippen LogP contribution in [0.3, 0.4) is 0 Å². The highest BCUT2D eigenvalue weighted by atomic mass is 79.9. The Kier molecular flexibility index (Phi) is 6.71. The lowest BCUT2D eigenvalue weighted by Crippen LogP contribution is -2.07. The highest BCUT2D eigenvalue weighted by Gasteiger charge is 2.14. The van der Waals surface area contributed by atoms with Gasteiger partial charge in [0, 0.05) is 0 Å². The van der Waals surface area contributed by atoms with Crippen molar-refractivity contribution in [3.63, 3.8) is 0 Å². The van der Waals surface area contributed by atoms with E-state index in [1.165, 1.54) is 11.3 Å². The molecule has 0 bridgehead atoms. The van der Waals surface area contributed by atoms with E-state index in [9.17, 15) is 5.26 Å². The van der Waals surface area contributed by atoms with Crippen LogP contribution >= 0.6 is 27.3 Å². The number of nitriles is 1. The lowest BCUT2D eigenvalue weighted by Gasteiger charge is -2.16. The van der Waals surface area contributed by atoms with Crippen molar-refractivity contribution in [3.05, 3.63) is 51.4 Å². The third kappa shape index (κ3) is 4.73. The summed E-state index contributed by atoms with van der Waals surface area (Å²) >= 11 is 5.10. The number of benzene rings is 2. The molecule has 0 aliphatic carbocycles. The van der Waals surface area contributed by atoms with E-state index in [1.54, 1.807) is 0 Å². The summed E-state index contributed by atoms with van der Waals surface area (Å²) in [5.41, 5.74) is 2.27. The molecule has 0 fully saturated rings. The first kappa shape index (κ1) is 20.4. The minimum Gasteiger partial charge on any atom is -0.490 e. The van der Waals surface area contributed by atoms with E-state index in [0.29, 0.717) is 41.2 Å². The summed E-state index contributed by atoms with van der Waals surface area (Å²) in [5.74, 6) is 1.75. The molecule has 3 aromatic rings. The predicted octanol–water partition coefficient (Wildman–Crippen LogP) is 6.56. The third-order valence-corrected chi connectivity index (χ3v) is 5.51. The molecule has 0 spiro atoms. The van der Waals surface area contributed by atoms with Crippen molar-refractivity contribution >= 4 is 49.1 Å². The van der Waals surface area contributed by atoms with Crippen LogP contribution in [0.2, 0.25) is 0 Å². The van der Waals surface area contributed by atoms with Gasteiger partial charge in [-0.3, -0.25) is 0 Å². The molecule has 0 atom stereocenters. The maximum atomic E-state index is 9.69. The van der Waals surface area contributed by atoms with E-state index >= 15 is 0 Å². The monoisotopic (exact) mass is 456 g/mol. The van der Waals surface area contributed by atoms with Gasteiger partial charge in [-0.05, 0) is 64.7 Å². The average Bonchev–Trinajstić information content (AvgIpc) is 3.09. The first-order valence-electron chi connectivity index (χ1n) is 9.08. The van der Waals surface area contributed by atoms with Crippen molar-refractivity contribution < 1.29 is 9.47 Å². The number of allylic oxidation sites excluding steroid dienone is 1. The maximum Gasteiger partial charge on any atom is 0.175 e. The fraction of sp³-hybridized carbons (Fsp3) is 0.273. The number of hydrogen-bond donors (Lipinski definition) is 0. The topological polar surface area (TPSA) is 55.1 Å². The number of nitrogens with zero attached hydrogens (tertiary/aromatic N) is 2. The van der Waals surface area contributed by atoms with Crippen molar-refractivity contribution in [2.75, 3.05) is 13.2 Å². The number of ether oxygens (including phenoxy) is 2. The van der Waals surface area contributed by atoms with Gasteiger partial charge >= 0.3 is 0 Å². The van der Waals surface area contributed by atoms with Gasteiger partial charge < -0.3 is 9.47 Å². The van der Waals surface area contributed by atoms with E-state index in [-0.39, 0.29) is 0 Å². The van der Waals surface area contributed by atoms with Gasteiger partial charge in [-0.2, -0.15) is 5.26 Å². The second-order valence-electron chi connectivity index (χ2n) is 6.62. The molecule has 0 aliphatic heterocycles. The molecule has 0 unspecified atom stereocenters. The molecular formula is C22H21BrN2O2S. The second kappa shape index (κ2) is 9.22. The highest BCUT2D eigenvalue weighted by Crippen LogP contribution is 2.38. The zero-order valence-corrected chi connectivity index (χ0v) is 18.4. The number of aromatic nitrogens is 1. The molecule has 4 nitrogen and oxygen atoms in total. The van der Waals surface area contributed by atoms with E-state index in [2.05, 4.69) is 40.8 Å². The Morgan fingerprint density at radius 3 is 2.75 bits per heavy atom. The van der Waals surface area contributed by atoms with Crippen LogP contribution in [0.5, 0.6) is 11.5 Å². The van der Waals surface area contributed by atoms with Crippen molar-refractivity contribution in [2.24, 2.45) is 5.92 Å². The Morgan fingerprint density at radius 2 is 2.07 bits per heavy atom. The molecule has 6 heteroatoms. The molecule has 3 rings (SSSR count). The molecule has 0 saturated carbocycles. The Hall–Kier alpha value is -2.36. The lowest BCUT2D eigenvalue weighted by atomic mass is 10.1. The molecule has 144 valence electrons. The summed E-state index contributed by atoms with van der Waals surface area (Å²) in [6, 6.07) is 14.0. The number of thiazole rings is 1. The fourth-order valence-electron chi connectivity index (χ4n) is 2.62. The minimum atomic E-state index is 0.408. The smallest absolute Gasteiger partial charge is 0.175 e. The Bertz CT molecular complexity index is 1020. The molecule has 1 heterocycles. The quantitative estimate of drug-likeness (QED) is 0.377. The molecule has 0 aliphatic rings. The van der Waals surface area contributed by atoms with Crippen LogP contribution in [0.1, 0.15) is 31.3 Å². The Balaban J connectivity index is 2.00. The maximum absolute atomic E-state index is 9.69. The van der Waals surface area contributed by atoms with Gasteiger partial charge in [-0.15, -0.1) is 11.3 Å². The van der Waals surface area contributed by atoms with Crippen LogP contribution in [0.25, 0.3) is 21.9 Å². The van der Waals surface area contributed by atoms with Crippen molar-refractivity contribution in [2.45, 2.75) is 20.8 Å². The van der Waals surface area contributed by atoms with Gasteiger partial charge in [0.25, 0.3) is 0 Å². The second-order valence-corrected chi connectivity index (χ2v) is 8.51. The average molecular weight is 457 g/mol. The van der Waals surface area contributed by atoms with Crippen molar-refractivity contribution in [1.82, 2.24) is 4.98 Å². The number of para-hydroxylation sites is 1. The predicted molar refractivity (Wildman–Crippen MR) is 119 cm³/mol. The molecule has 1 aromatic heterocycles. The molecule has 0 radical (unpaired) electrons. The van der Waals surface area contributed by atoms with E-state index in [1.807, 2.05) is 49.4 Å². The molecule has 0 saturated heterocycles. The number of rotatable bonds is 7. The summed E-state index contributed by atoms with van der Waals surface area (Å²) in [4.78, 5) is 4.59. The summed E-state index contributed by atoms with van der Waals surface area (Å²) in [6.07, 6.45) is 1.83. The van der Waals surface area contributed by atoms with Crippen LogP contribution < -0.4 is 9.47 Å². The zero-order chi connectivity index (χ0) is 20.1. The molecular weight excluding hydrogens is 436 g/mol. The number of halogens is 1.